The van der Waals surface area contributed by atoms with Gasteiger partial charge in [0.15, 0.2) is 0 Å². The lowest BCUT2D eigenvalue weighted by molar-refractivity contribution is 0.102. The minimum absolute atomic E-state index is 0.0706. The van der Waals surface area contributed by atoms with Crippen LogP contribution in [0.4, 0.5) is 10.7 Å². The molecule has 0 bridgehead atoms. The number of thiophene rings is 1. The molecule has 1 aromatic carbocycles. The fourth-order valence-corrected chi connectivity index (χ4v) is 5.11. The lowest BCUT2D eigenvalue weighted by Crippen LogP contribution is -2.16. The number of hydrogen-bond donors (Lipinski definition) is 2. The molecule has 0 atom stereocenters. The summed E-state index contributed by atoms with van der Waals surface area (Å²) in [6, 6.07) is 11.6. The van der Waals surface area contributed by atoms with Crippen molar-refractivity contribution in [3.63, 3.8) is 0 Å². The van der Waals surface area contributed by atoms with Crippen molar-refractivity contribution in [3.8, 4) is 5.75 Å². The van der Waals surface area contributed by atoms with Crippen molar-refractivity contribution < 1.29 is 9.53 Å². The van der Waals surface area contributed by atoms with Crippen LogP contribution in [-0.4, -0.2) is 17.5 Å². The molecule has 0 fully saturated rings. The third-order valence-corrected chi connectivity index (χ3v) is 6.54. The van der Waals surface area contributed by atoms with E-state index in [0.29, 0.717) is 24.6 Å². The third kappa shape index (κ3) is 4.65. The van der Waals surface area contributed by atoms with Gasteiger partial charge in [-0.05, 0) is 68.0 Å². The topological polar surface area (TPSA) is 63.2 Å². The zero-order valence-electron chi connectivity index (χ0n) is 17.2. The predicted molar refractivity (Wildman–Crippen MR) is 123 cm³/mol. The maximum absolute atomic E-state index is 13.4. The molecule has 6 heteroatoms. The molecule has 156 valence electrons. The van der Waals surface area contributed by atoms with Crippen LogP contribution in [0.5, 0.6) is 5.75 Å². The van der Waals surface area contributed by atoms with Gasteiger partial charge in [-0.15, -0.1) is 11.3 Å². The van der Waals surface area contributed by atoms with Gasteiger partial charge in [-0.3, -0.25) is 9.78 Å². The predicted octanol–water partition coefficient (Wildman–Crippen LogP) is 5.68. The van der Waals surface area contributed by atoms with Crippen LogP contribution in [0, 0.1) is 0 Å². The highest BCUT2D eigenvalue weighted by Gasteiger charge is 2.25. The number of carbonyl (C=O) groups is 1. The van der Waals surface area contributed by atoms with E-state index in [1.54, 1.807) is 23.7 Å². The van der Waals surface area contributed by atoms with Gasteiger partial charge in [0.2, 0.25) is 0 Å². The molecule has 2 N–H and O–H groups in total. The van der Waals surface area contributed by atoms with Crippen LogP contribution in [0.25, 0.3) is 0 Å². The molecule has 0 spiro atoms. The van der Waals surface area contributed by atoms with Crippen molar-refractivity contribution in [2.24, 2.45) is 0 Å². The second-order valence-corrected chi connectivity index (χ2v) is 8.47. The van der Waals surface area contributed by atoms with E-state index in [2.05, 4.69) is 15.6 Å². The Labute approximate surface area is 181 Å². The Bertz CT molecular complexity index is 1000. The van der Waals surface area contributed by atoms with Gasteiger partial charge < -0.3 is 15.4 Å². The van der Waals surface area contributed by atoms with Crippen molar-refractivity contribution in [2.75, 3.05) is 17.2 Å². The smallest absolute Gasteiger partial charge is 0.259 e. The first-order valence-corrected chi connectivity index (χ1v) is 11.4. The minimum atomic E-state index is -0.0706. The largest absolute Gasteiger partial charge is 0.492 e. The molecule has 2 heterocycles. The zero-order chi connectivity index (χ0) is 20.8. The highest BCUT2D eigenvalue weighted by Crippen LogP contribution is 2.38. The molecule has 0 radical (unpaired) electrons. The molecule has 5 nitrogen and oxygen atoms in total. The lowest BCUT2D eigenvalue weighted by Gasteiger charge is -2.13. The molecule has 2 aromatic heterocycles. The van der Waals surface area contributed by atoms with E-state index in [1.165, 1.54) is 23.3 Å². The lowest BCUT2D eigenvalue weighted by atomic mass is 10.0. The molecule has 0 saturated carbocycles. The number of carbonyl (C=O) groups excluding carboxylic acids is 1. The number of nitrogens with zero attached hydrogens (tertiary/aromatic N) is 1. The highest BCUT2D eigenvalue weighted by atomic mass is 32.1. The molecular formula is C24H27N3O2S. The number of para-hydroxylation sites is 2. The Kier molecular flexibility index (Phi) is 6.64. The van der Waals surface area contributed by atoms with Crippen LogP contribution in [0.1, 0.15) is 52.5 Å². The van der Waals surface area contributed by atoms with E-state index in [4.69, 9.17) is 4.74 Å². The molecule has 4 rings (SSSR count). The zero-order valence-corrected chi connectivity index (χ0v) is 18.1. The summed E-state index contributed by atoms with van der Waals surface area (Å²) in [6.45, 7) is 3.16. The van der Waals surface area contributed by atoms with Crippen molar-refractivity contribution in [3.05, 3.63) is 70.4 Å². The maximum atomic E-state index is 13.4. The SMILES string of the molecule is CCOc1ccccc1NC(=O)c1c(NCc2ccncc2)sc2c1CCCCC2. The number of ether oxygens (including phenoxy) is 1. The molecule has 3 aromatic rings. The first-order chi connectivity index (χ1) is 14.8. The number of pyridine rings is 1. The second kappa shape index (κ2) is 9.76. The number of hydrogen-bond acceptors (Lipinski definition) is 5. The summed E-state index contributed by atoms with van der Waals surface area (Å²) in [7, 11) is 0. The van der Waals surface area contributed by atoms with Crippen molar-refractivity contribution >= 4 is 27.9 Å². The van der Waals surface area contributed by atoms with E-state index >= 15 is 0 Å². The van der Waals surface area contributed by atoms with Crippen molar-refractivity contribution in [2.45, 2.75) is 45.6 Å². The van der Waals surface area contributed by atoms with Gasteiger partial charge in [-0.1, -0.05) is 18.6 Å². The Balaban J connectivity index is 1.63. The van der Waals surface area contributed by atoms with Gasteiger partial charge in [0.25, 0.3) is 5.91 Å². The van der Waals surface area contributed by atoms with Crippen LogP contribution in [0.15, 0.2) is 48.8 Å². The van der Waals surface area contributed by atoms with E-state index in [9.17, 15) is 4.79 Å². The summed E-state index contributed by atoms with van der Waals surface area (Å²) in [4.78, 5) is 18.9. The Hall–Kier alpha value is -2.86. The number of benzene rings is 1. The van der Waals surface area contributed by atoms with Gasteiger partial charge in [-0.25, -0.2) is 0 Å². The fraction of sp³-hybridized carbons (Fsp3) is 0.333. The average molecular weight is 422 g/mol. The van der Waals surface area contributed by atoms with Gasteiger partial charge in [0.05, 0.1) is 17.9 Å². The molecule has 0 aliphatic heterocycles. The normalized spacial score (nSPS) is 13.2. The first-order valence-electron chi connectivity index (χ1n) is 10.6. The van der Waals surface area contributed by atoms with Crippen LogP contribution < -0.4 is 15.4 Å². The van der Waals surface area contributed by atoms with Crippen LogP contribution in [0.3, 0.4) is 0 Å². The minimum Gasteiger partial charge on any atom is -0.492 e. The summed E-state index contributed by atoms with van der Waals surface area (Å²) >= 11 is 1.73. The quantitative estimate of drug-likeness (QED) is 0.482. The van der Waals surface area contributed by atoms with E-state index < -0.39 is 0 Å². The monoisotopic (exact) mass is 421 g/mol. The fourth-order valence-electron chi connectivity index (χ4n) is 3.83. The second-order valence-electron chi connectivity index (χ2n) is 7.36. The summed E-state index contributed by atoms with van der Waals surface area (Å²) in [5, 5.41) is 7.56. The number of rotatable bonds is 7. The summed E-state index contributed by atoms with van der Waals surface area (Å²) in [5.74, 6) is 0.625. The Morgan fingerprint density at radius 2 is 1.90 bits per heavy atom. The van der Waals surface area contributed by atoms with Crippen LogP contribution in [0.2, 0.25) is 0 Å². The van der Waals surface area contributed by atoms with Crippen LogP contribution in [-0.2, 0) is 19.4 Å². The molecule has 0 unspecified atom stereocenters. The molecular weight excluding hydrogens is 394 g/mol. The summed E-state index contributed by atoms with van der Waals surface area (Å²) in [5.41, 5.74) is 3.85. The standard InChI is InChI=1S/C24H27N3O2S/c1-2-29-20-10-7-6-9-19(20)27-23(28)22-18-8-4-3-5-11-21(18)30-24(22)26-16-17-12-14-25-15-13-17/h6-7,9-10,12-15,26H,2-5,8,11,16H2,1H3,(H,27,28). The van der Waals surface area contributed by atoms with Crippen molar-refractivity contribution in [1.82, 2.24) is 4.98 Å². The molecule has 0 saturated heterocycles. The number of anilines is 2. The number of fused-ring (bicyclic) bond motifs is 1. The van der Waals surface area contributed by atoms with Crippen molar-refractivity contribution in [1.29, 1.82) is 0 Å². The van der Waals surface area contributed by atoms with Gasteiger partial charge in [0, 0.05) is 23.8 Å². The number of amides is 1. The average Bonchev–Trinajstić information content (AvgIpc) is 2.96. The number of aryl methyl sites for hydroxylation is 1. The molecule has 1 aliphatic carbocycles. The molecule has 1 aliphatic rings. The summed E-state index contributed by atoms with van der Waals surface area (Å²) < 4.78 is 5.69. The highest BCUT2D eigenvalue weighted by molar-refractivity contribution is 7.16. The van der Waals surface area contributed by atoms with Gasteiger partial charge >= 0.3 is 0 Å². The van der Waals surface area contributed by atoms with E-state index in [1.807, 2.05) is 43.3 Å². The van der Waals surface area contributed by atoms with E-state index in [0.717, 1.165) is 35.4 Å². The van der Waals surface area contributed by atoms with Crippen LogP contribution >= 0.6 is 11.3 Å². The maximum Gasteiger partial charge on any atom is 0.259 e. The third-order valence-electron chi connectivity index (χ3n) is 5.29. The Morgan fingerprint density at radius 3 is 2.73 bits per heavy atom. The first kappa shape index (κ1) is 20.4. The number of aromatic nitrogens is 1. The van der Waals surface area contributed by atoms with Gasteiger partial charge in [0.1, 0.15) is 10.8 Å². The molecule has 1 amide bonds. The van der Waals surface area contributed by atoms with E-state index in [-0.39, 0.29) is 5.91 Å². The summed E-state index contributed by atoms with van der Waals surface area (Å²) in [6.07, 6.45) is 9.12. The van der Waals surface area contributed by atoms with Gasteiger partial charge in [-0.2, -0.15) is 0 Å². The molecule has 30 heavy (non-hydrogen) atoms. The Morgan fingerprint density at radius 1 is 1.10 bits per heavy atom. The number of nitrogens with one attached hydrogen (secondary N) is 2.